The molecule has 6 atom stereocenters. The molecule has 0 radical (unpaired) electrons. The predicted molar refractivity (Wildman–Crippen MR) is 53.8 cm³/mol. The number of rotatable bonds is 2. The third-order valence-corrected chi connectivity index (χ3v) is 3.19. The van der Waals surface area contributed by atoms with E-state index >= 15 is 0 Å². The SMILES string of the molecule is OC[C@@H](O)C1O[C@H](I)C(O)C(O)[C@@H]1O. The molecular weight excluding hydrogens is 307 g/mol. The summed E-state index contributed by atoms with van der Waals surface area (Å²) >= 11 is 1.74. The van der Waals surface area contributed by atoms with E-state index in [2.05, 4.69) is 0 Å². The average molecular weight is 320 g/mol. The molecule has 1 aliphatic heterocycles. The molecule has 0 aromatic carbocycles. The Kier molecular flexibility index (Phi) is 4.50. The van der Waals surface area contributed by atoms with Crippen LogP contribution in [0.15, 0.2) is 0 Å². The van der Waals surface area contributed by atoms with Crippen LogP contribution >= 0.6 is 22.6 Å². The van der Waals surface area contributed by atoms with Crippen LogP contribution in [0, 0.1) is 0 Å². The summed E-state index contributed by atoms with van der Waals surface area (Å²) < 4.78 is 4.33. The van der Waals surface area contributed by atoms with Crippen molar-refractivity contribution in [3.05, 3.63) is 0 Å². The molecule has 5 N–H and O–H groups in total. The maximum Gasteiger partial charge on any atom is 0.137 e. The van der Waals surface area contributed by atoms with Crippen LogP contribution in [-0.4, -0.2) is 66.8 Å². The van der Waals surface area contributed by atoms with E-state index in [9.17, 15) is 20.4 Å². The van der Waals surface area contributed by atoms with Gasteiger partial charge in [0.05, 0.1) is 6.61 Å². The third kappa shape index (κ3) is 2.35. The summed E-state index contributed by atoms with van der Waals surface area (Å²) in [6.07, 6.45) is -6.34. The molecule has 0 aliphatic carbocycles. The van der Waals surface area contributed by atoms with Crippen molar-refractivity contribution in [2.75, 3.05) is 6.61 Å². The zero-order valence-corrected chi connectivity index (χ0v) is 9.35. The van der Waals surface area contributed by atoms with E-state index in [1.165, 1.54) is 0 Å². The minimum atomic E-state index is -1.40. The monoisotopic (exact) mass is 320 g/mol. The molecule has 0 saturated carbocycles. The van der Waals surface area contributed by atoms with Crippen molar-refractivity contribution < 1.29 is 30.3 Å². The van der Waals surface area contributed by atoms with Gasteiger partial charge in [0.25, 0.3) is 0 Å². The quantitative estimate of drug-likeness (QED) is 0.286. The molecule has 3 unspecified atom stereocenters. The van der Waals surface area contributed by atoms with Crippen LogP contribution in [0.3, 0.4) is 0 Å². The highest BCUT2D eigenvalue weighted by Crippen LogP contribution is 2.26. The van der Waals surface area contributed by atoms with Gasteiger partial charge in [-0.3, -0.25) is 0 Å². The Bertz CT molecular complexity index is 191. The largest absolute Gasteiger partial charge is 0.394 e. The number of ether oxygens (including phenoxy) is 1. The van der Waals surface area contributed by atoms with Crippen LogP contribution in [0.5, 0.6) is 0 Å². The maximum absolute atomic E-state index is 9.42. The smallest absolute Gasteiger partial charge is 0.137 e. The first-order chi connectivity index (χ1) is 6.49. The average Bonchev–Trinajstić information content (AvgIpc) is 2.19. The Balaban J connectivity index is 2.70. The first-order valence-corrected chi connectivity index (χ1v) is 5.36. The molecule has 1 fully saturated rings. The lowest BCUT2D eigenvalue weighted by Gasteiger charge is -2.39. The summed E-state index contributed by atoms with van der Waals surface area (Å²) in [5, 5.41) is 46.0. The van der Waals surface area contributed by atoms with Gasteiger partial charge < -0.3 is 30.3 Å². The van der Waals surface area contributed by atoms with Crippen LogP contribution < -0.4 is 0 Å². The van der Waals surface area contributed by atoms with E-state index in [0.29, 0.717) is 0 Å². The number of halogens is 1. The van der Waals surface area contributed by atoms with E-state index < -0.39 is 41.2 Å². The summed E-state index contributed by atoms with van der Waals surface area (Å²) in [6, 6.07) is 0. The molecule has 1 heterocycles. The standard InChI is InChI=1S/C7H13IO6/c8-7-5(13)3(11)4(12)6(14-7)2(10)1-9/h2-7,9-13H,1H2/t2-,3?,4+,5?,6?,7+/m1/s1. The fourth-order valence-corrected chi connectivity index (χ4v) is 2.05. The second kappa shape index (κ2) is 5.01. The zero-order chi connectivity index (χ0) is 10.9. The fraction of sp³-hybridized carbons (Fsp3) is 1.00. The minimum Gasteiger partial charge on any atom is -0.394 e. The summed E-state index contributed by atoms with van der Waals surface area (Å²) in [7, 11) is 0. The summed E-state index contributed by atoms with van der Waals surface area (Å²) in [4.78, 5) is 0. The lowest BCUT2D eigenvalue weighted by atomic mass is 9.97. The van der Waals surface area contributed by atoms with Crippen molar-refractivity contribution in [2.45, 2.75) is 34.6 Å². The first kappa shape index (κ1) is 12.6. The van der Waals surface area contributed by atoms with Crippen molar-refractivity contribution in [3.63, 3.8) is 0 Å². The number of alkyl halides is 1. The van der Waals surface area contributed by atoms with Crippen LogP contribution in [0.25, 0.3) is 0 Å². The molecule has 7 heteroatoms. The Morgan fingerprint density at radius 1 is 1.14 bits per heavy atom. The number of hydrogen-bond acceptors (Lipinski definition) is 6. The molecule has 0 aromatic heterocycles. The highest BCUT2D eigenvalue weighted by Gasteiger charge is 2.45. The normalized spacial score (nSPS) is 46.3. The van der Waals surface area contributed by atoms with Crippen molar-refractivity contribution in [3.8, 4) is 0 Å². The molecule has 1 saturated heterocycles. The van der Waals surface area contributed by atoms with Gasteiger partial charge in [0, 0.05) is 0 Å². The summed E-state index contributed by atoms with van der Waals surface area (Å²) in [6.45, 7) is -0.575. The van der Waals surface area contributed by atoms with Gasteiger partial charge in [-0.1, -0.05) is 0 Å². The van der Waals surface area contributed by atoms with E-state index in [4.69, 9.17) is 9.84 Å². The van der Waals surface area contributed by atoms with E-state index in [1.807, 2.05) is 0 Å². The molecule has 0 spiro atoms. The minimum absolute atomic E-state index is 0.575. The van der Waals surface area contributed by atoms with Gasteiger partial charge >= 0.3 is 0 Å². The molecule has 84 valence electrons. The van der Waals surface area contributed by atoms with E-state index in [0.717, 1.165) is 0 Å². The highest BCUT2D eigenvalue weighted by molar-refractivity contribution is 14.1. The molecule has 6 nitrogen and oxygen atoms in total. The van der Waals surface area contributed by atoms with Gasteiger partial charge in [0.2, 0.25) is 0 Å². The molecule has 1 rings (SSSR count). The van der Waals surface area contributed by atoms with E-state index in [1.54, 1.807) is 22.6 Å². The summed E-state index contributed by atoms with van der Waals surface area (Å²) in [5.74, 6) is 0. The van der Waals surface area contributed by atoms with Crippen LogP contribution in [0.4, 0.5) is 0 Å². The van der Waals surface area contributed by atoms with Gasteiger partial charge in [-0.15, -0.1) is 0 Å². The first-order valence-electron chi connectivity index (χ1n) is 4.11. The second-order valence-electron chi connectivity index (χ2n) is 3.17. The van der Waals surface area contributed by atoms with Gasteiger partial charge in [0.1, 0.15) is 34.6 Å². The molecule has 1 aliphatic rings. The second-order valence-corrected chi connectivity index (χ2v) is 4.40. The van der Waals surface area contributed by atoms with Gasteiger partial charge in [-0.2, -0.15) is 0 Å². The van der Waals surface area contributed by atoms with Gasteiger partial charge in [-0.05, 0) is 22.6 Å². The molecular formula is C7H13IO6. The number of aliphatic hydroxyl groups is 5. The summed E-state index contributed by atoms with van der Waals surface area (Å²) in [5.41, 5.74) is 0. The molecule has 0 aromatic rings. The van der Waals surface area contributed by atoms with E-state index in [-0.39, 0.29) is 0 Å². The van der Waals surface area contributed by atoms with Gasteiger partial charge in [0.15, 0.2) is 0 Å². The predicted octanol–water partition coefficient (Wildman–Crippen LogP) is -2.42. The van der Waals surface area contributed by atoms with Crippen molar-refractivity contribution >= 4 is 22.6 Å². The highest BCUT2D eigenvalue weighted by atomic mass is 127. The van der Waals surface area contributed by atoms with Crippen molar-refractivity contribution in [2.24, 2.45) is 0 Å². The Labute approximate surface area is 94.3 Å². The van der Waals surface area contributed by atoms with Crippen LogP contribution in [-0.2, 0) is 4.74 Å². The van der Waals surface area contributed by atoms with Gasteiger partial charge in [-0.25, -0.2) is 0 Å². The number of aliphatic hydroxyl groups excluding tert-OH is 5. The number of hydrogen-bond donors (Lipinski definition) is 5. The lowest BCUT2D eigenvalue weighted by molar-refractivity contribution is -0.220. The molecule has 14 heavy (non-hydrogen) atoms. The van der Waals surface area contributed by atoms with Crippen LogP contribution in [0.2, 0.25) is 0 Å². The Morgan fingerprint density at radius 2 is 1.71 bits per heavy atom. The lowest BCUT2D eigenvalue weighted by Crippen LogP contribution is -2.59. The third-order valence-electron chi connectivity index (χ3n) is 2.16. The van der Waals surface area contributed by atoms with Crippen molar-refractivity contribution in [1.82, 2.24) is 0 Å². The fourth-order valence-electron chi connectivity index (χ4n) is 1.28. The molecule has 0 amide bonds. The Morgan fingerprint density at radius 3 is 2.21 bits per heavy atom. The topological polar surface area (TPSA) is 110 Å². The zero-order valence-electron chi connectivity index (χ0n) is 7.19. The maximum atomic E-state index is 9.42. The van der Waals surface area contributed by atoms with Crippen LogP contribution in [0.1, 0.15) is 0 Å². The molecule has 0 bridgehead atoms. The van der Waals surface area contributed by atoms with Crippen molar-refractivity contribution in [1.29, 1.82) is 0 Å². The Hall–Kier alpha value is 0.490.